The number of fused-ring (bicyclic) bond motifs is 1. The van der Waals surface area contributed by atoms with Crippen molar-refractivity contribution < 1.29 is 24.2 Å². The van der Waals surface area contributed by atoms with Gasteiger partial charge in [0.15, 0.2) is 0 Å². The first-order valence-electron chi connectivity index (χ1n) is 10.7. The fraction of sp³-hybridized carbons (Fsp3) is 0.280. The van der Waals surface area contributed by atoms with Crippen molar-refractivity contribution in [3.63, 3.8) is 0 Å². The van der Waals surface area contributed by atoms with E-state index in [9.17, 15) is 9.59 Å². The van der Waals surface area contributed by atoms with E-state index in [-0.39, 0.29) is 18.0 Å². The van der Waals surface area contributed by atoms with Crippen molar-refractivity contribution in [3.8, 4) is 11.5 Å². The van der Waals surface area contributed by atoms with Crippen LogP contribution in [0.15, 0.2) is 47.6 Å². The number of carboxylic acid groups (broad SMARTS) is 1. The summed E-state index contributed by atoms with van der Waals surface area (Å²) in [7, 11) is 3.12. The van der Waals surface area contributed by atoms with Gasteiger partial charge in [-0.2, -0.15) is 5.10 Å². The number of carbonyl (C=O) groups excluding carboxylic acids is 1. The summed E-state index contributed by atoms with van der Waals surface area (Å²) in [5.41, 5.74) is 3.76. The highest BCUT2D eigenvalue weighted by Gasteiger charge is 2.35. The molecule has 0 radical (unpaired) electrons. The van der Waals surface area contributed by atoms with E-state index in [0.717, 1.165) is 16.5 Å². The Bertz CT molecular complexity index is 1310. The molecular formula is C25H24ClN3O5. The van der Waals surface area contributed by atoms with Crippen LogP contribution in [-0.2, 0) is 9.59 Å². The van der Waals surface area contributed by atoms with Crippen LogP contribution in [0.1, 0.15) is 42.0 Å². The molecule has 4 rings (SSSR count). The van der Waals surface area contributed by atoms with E-state index in [1.165, 1.54) is 5.01 Å². The van der Waals surface area contributed by atoms with E-state index in [2.05, 4.69) is 10.1 Å². The predicted molar refractivity (Wildman–Crippen MR) is 129 cm³/mol. The third kappa shape index (κ3) is 4.54. The molecule has 0 spiro atoms. The zero-order chi connectivity index (χ0) is 24.4. The Morgan fingerprint density at radius 2 is 1.94 bits per heavy atom. The van der Waals surface area contributed by atoms with Crippen molar-refractivity contribution in [1.29, 1.82) is 0 Å². The molecule has 1 N–H and O–H groups in total. The molecule has 1 aliphatic rings. The van der Waals surface area contributed by atoms with Crippen LogP contribution in [0.5, 0.6) is 11.5 Å². The van der Waals surface area contributed by atoms with Gasteiger partial charge in [-0.1, -0.05) is 29.8 Å². The molecule has 1 atom stereocenters. The molecule has 0 saturated heterocycles. The number of aryl methyl sites for hydroxylation is 1. The maximum atomic E-state index is 13.0. The van der Waals surface area contributed by atoms with Gasteiger partial charge in [-0.05, 0) is 30.7 Å². The lowest BCUT2D eigenvalue weighted by Gasteiger charge is -2.23. The molecule has 2 aromatic carbocycles. The number of aromatic nitrogens is 1. The smallest absolute Gasteiger partial charge is 0.303 e. The van der Waals surface area contributed by atoms with Crippen molar-refractivity contribution in [2.75, 3.05) is 14.2 Å². The summed E-state index contributed by atoms with van der Waals surface area (Å²) < 4.78 is 10.8. The Morgan fingerprint density at radius 3 is 2.65 bits per heavy atom. The number of aliphatic carboxylic acids is 1. The molecule has 0 fully saturated rings. The maximum absolute atomic E-state index is 13.0. The summed E-state index contributed by atoms with van der Waals surface area (Å²) in [6.45, 7) is 1.96. The largest absolute Gasteiger partial charge is 0.497 e. The van der Waals surface area contributed by atoms with Gasteiger partial charge in [0.25, 0.3) is 0 Å². The minimum atomic E-state index is -1.05. The Labute approximate surface area is 201 Å². The minimum absolute atomic E-state index is 0.180. The van der Waals surface area contributed by atoms with Gasteiger partial charge in [-0.3, -0.25) is 9.59 Å². The molecule has 3 aromatic rings. The summed E-state index contributed by atoms with van der Waals surface area (Å²) >= 11 is 6.61. The molecule has 0 aliphatic carbocycles. The van der Waals surface area contributed by atoms with E-state index in [4.69, 9.17) is 26.2 Å². The first-order valence-corrected chi connectivity index (χ1v) is 11.1. The van der Waals surface area contributed by atoms with Gasteiger partial charge < -0.3 is 14.6 Å². The highest BCUT2D eigenvalue weighted by atomic mass is 35.5. The maximum Gasteiger partial charge on any atom is 0.303 e. The van der Waals surface area contributed by atoms with Crippen molar-refractivity contribution in [1.82, 2.24) is 9.99 Å². The van der Waals surface area contributed by atoms with Gasteiger partial charge in [0.05, 0.1) is 37.9 Å². The number of pyridine rings is 1. The normalized spacial score (nSPS) is 15.4. The first-order chi connectivity index (χ1) is 16.3. The number of halogens is 1. The number of para-hydroxylation sites is 1. The number of methoxy groups -OCH3 is 2. The SMILES string of the molecule is COc1ccc(C2=NN(C(=O)CCC(=O)O)C(c3cc4cccc(C)c4nc3Cl)C2)c(OC)c1. The average molecular weight is 482 g/mol. The van der Waals surface area contributed by atoms with Gasteiger partial charge in [0, 0.05) is 35.4 Å². The van der Waals surface area contributed by atoms with Crippen molar-refractivity contribution in [2.24, 2.45) is 5.10 Å². The summed E-state index contributed by atoms with van der Waals surface area (Å²) in [5.74, 6) is -0.279. The number of carbonyl (C=O) groups is 2. The van der Waals surface area contributed by atoms with Gasteiger partial charge in [0.2, 0.25) is 5.91 Å². The lowest BCUT2D eigenvalue weighted by Crippen LogP contribution is -2.27. The van der Waals surface area contributed by atoms with Crippen LogP contribution >= 0.6 is 11.6 Å². The molecule has 1 aromatic heterocycles. The monoisotopic (exact) mass is 481 g/mol. The fourth-order valence-electron chi connectivity index (χ4n) is 4.08. The van der Waals surface area contributed by atoms with Gasteiger partial charge >= 0.3 is 5.97 Å². The summed E-state index contributed by atoms with van der Waals surface area (Å²) in [6.07, 6.45) is -0.109. The van der Waals surface area contributed by atoms with Crippen LogP contribution in [0.2, 0.25) is 5.15 Å². The number of rotatable bonds is 7. The number of hydrazone groups is 1. The number of carboxylic acids is 1. The van der Waals surface area contributed by atoms with Gasteiger partial charge in [-0.15, -0.1) is 0 Å². The molecule has 34 heavy (non-hydrogen) atoms. The molecule has 0 saturated carbocycles. The number of nitrogens with zero attached hydrogens (tertiary/aromatic N) is 3. The summed E-state index contributed by atoms with van der Waals surface area (Å²) in [6, 6.07) is 12.6. The fourth-order valence-corrected chi connectivity index (χ4v) is 4.35. The minimum Gasteiger partial charge on any atom is -0.497 e. The highest BCUT2D eigenvalue weighted by molar-refractivity contribution is 6.30. The van der Waals surface area contributed by atoms with E-state index < -0.39 is 17.9 Å². The quantitative estimate of drug-likeness (QED) is 0.488. The van der Waals surface area contributed by atoms with Crippen molar-refractivity contribution >= 4 is 40.1 Å². The first kappa shape index (κ1) is 23.5. The second kappa shape index (κ2) is 9.69. The van der Waals surface area contributed by atoms with Crippen molar-refractivity contribution in [3.05, 3.63) is 64.3 Å². The Kier molecular flexibility index (Phi) is 6.70. The Balaban J connectivity index is 1.78. The molecule has 176 valence electrons. The lowest BCUT2D eigenvalue weighted by atomic mass is 9.97. The average Bonchev–Trinajstić information content (AvgIpc) is 3.27. The van der Waals surface area contributed by atoms with Crippen LogP contribution in [0, 0.1) is 6.92 Å². The van der Waals surface area contributed by atoms with Crippen molar-refractivity contribution in [2.45, 2.75) is 32.2 Å². The summed E-state index contributed by atoms with van der Waals surface area (Å²) in [4.78, 5) is 28.7. The Morgan fingerprint density at radius 1 is 1.15 bits per heavy atom. The zero-order valence-corrected chi connectivity index (χ0v) is 19.8. The topological polar surface area (TPSA) is 101 Å². The van der Waals surface area contributed by atoms with Crippen LogP contribution in [0.3, 0.4) is 0 Å². The van der Waals surface area contributed by atoms with Crippen LogP contribution in [0.4, 0.5) is 0 Å². The molecule has 1 aliphatic heterocycles. The van der Waals surface area contributed by atoms with Gasteiger partial charge in [-0.25, -0.2) is 9.99 Å². The highest BCUT2D eigenvalue weighted by Crippen LogP contribution is 2.39. The van der Waals surface area contributed by atoms with Crippen LogP contribution < -0.4 is 9.47 Å². The van der Waals surface area contributed by atoms with E-state index >= 15 is 0 Å². The molecule has 9 heteroatoms. The molecular weight excluding hydrogens is 458 g/mol. The molecule has 8 nitrogen and oxygen atoms in total. The molecule has 0 bridgehead atoms. The number of ether oxygens (including phenoxy) is 2. The third-order valence-corrected chi connectivity index (χ3v) is 6.13. The third-order valence-electron chi connectivity index (χ3n) is 5.83. The molecule has 1 unspecified atom stereocenters. The number of benzene rings is 2. The summed E-state index contributed by atoms with van der Waals surface area (Å²) in [5, 5.41) is 16.2. The number of hydrogen-bond acceptors (Lipinski definition) is 6. The predicted octanol–water partition coefficient (Wildman–Crippen LogP) is 4.76. The number of amides is 1. The zero-order valence-electron chi connectivity index (χ0n) is 19.0. The second-order valence-corrected chi connectivity index (χ2v) is 8.34. The number of hydrogen-bond donors (Lipinski definition) is 1. The Hall–Kier alpha value is -3.65. The van der Waals surface area contributed by atoms with Crippen LogP contribution in [-0.4, -0.2) is 46.9 Å². The van der Waals surface area contributed by atoms with Gasteiger partial charge in [0.1, 0.15) is 16.7 Å². The molecule has 2 heterocycles. The standard InChI is InChI=1S/C25H24ClN3O5/c1-14-5-4-6-15-11-18(25(26)27-24(14)15)20-13-19(28-29(20)22(30)9-10-23(31)32)17-8-7-16(33-2)12-21(17)34-3/h4-8,11-12,20H,9-10,13H2,1-3H3,(H,31,32). The van der Waals surface area contributed by atoms with E-state index in [0.29, 0.717) is 34.8 Å². The molecule has 1 amide bonds. The lowest BCUT2D eigenvalue weighted by molar-refractivity contribution is -0.141. The van der Waals surface area contributed by atoms with E-state index in [1.54, 1.807) is 26.4 Å². The second-order valence-electron chi connectivity index (χ2n) is 7.98. The van der Waals surface area contributed by atoms with Crippen LogP contribution in [0.25, 0.3) is 10.9 Å². The van der Waals surface area contributed by atoms with E-state index in [1.807, 2.05) is 37.3 Å².